The molecule has 19 heavy (non-hydrogen) atoms. The summed E-state index contributed by atoms with van der Waals surface area (Å²) in [5, 5.41) is 0. The highest BCUT2D eigenvalue weighted by Crippen LogP contribution is 2.46. The number of ether oxygens (including phenoxy) is 1. The second kappa shape index (κ2) is 4.97. The van der Waals surface area contributed by atoms with E-state index in [-0.39, 0.29) is 18.1 Å². The highest BCUT2D eigenvalue weighted by atomic mass is 16.5. The number of fused-ring (bicyclic) bond motifs is 2. The van der Waals surface area contributed by atoms with Gasteiger partial charge in [0.05, 0.1) is 7.11 Å². The molecule has 0 N–H and O–H groups in total. The largest absolute Gasteiger partial charge is 0.468 e. The van der Waals surface area contributed by atoms with Gasteiger partial charge in [0.15, 0.2) is 0 Å². The Kier molecular flexibility index (Phi) is 3.31. The zero-order valence-electron chi connectivity index (χ0n) is 11.6. The molecule has 3 rings (SSSR count). The zero-order valence-corrected chi connectivity index (χ0v) is 11.6. The third-order valence-electron chi connectivity index (χ3n) is 4.81. The van der Waals surface area contributed by atoms with Gasteiger partial charge in [0.2, 0.25) is 0 Å². The zero-order chi connectivity index (χ0) is 13.4. The topological polar surface area (TPSA) is 29.5 Å². The van der Waals surface area contributed by atoms with Crippen molar-refractivity contribution in [3.05, 3.63) is 35.9 Å². The molecule has 1 aliphatic carbocycles. The molecule has 0 radical (unpaired) electrons. The second-order valence-electron chi connectivity index (χ2n) is 5.73. The Labute approximate surface area is 114 Å². The molecule has 1 saturated carbocycles. The number of methoxy groups -OCH3 is 1. The van der Waals surface area contributed by atoms with Crippen LogP contribution in [0.4, 0.5) is 0 Å². The van der Waals surface area contributed by atoms with Crippen molar-refractivity contribution in [3.8, 4) is 0 Å². The Balaban J connectivity index is 1.87. The maximum atomic E-state index is 12.1. The number of piperidine rings is 1. The van der Waals surface area contributed by atoms with E-state index in [4.69, 9.17) is 4.74 Å². The van der Waals surface area contributed by atoms with E-state index in [1.54, 1.807) is 0 Å². The molecule has 0 spiro atoms. The van der Waals surface area contributed by atoms with E-state index < -0.39 is 0 Å². The number of esters is 1. The average molecular weight is 259 g/mol. The lowest BCUT2D eigenvalue weighted by molar-refractivity contribution is -0.149. The van der Waals surface area contributed by atoms with Crippen LogP contribution in [0.2, 0.25) is 0 Å². The van der Waals surface area contributed by atoms with E-state index in [1.807, 2.05) is 6.07 Å². The van der Waals surface area contributed by atoms with Crippen molar-refractivity contribution < 1.29 is 9.53 Å². The monoisotopic (exact) mass is 259 g/mol. The predicted octanol–water partition coefficient (Wildman–Crippen LogP) is 2.77. The van der Waals surface area contributed by atoms with Gasteiger partial charge in [-0.25, -0.2) is 0 Å². The minimum Gasteiger partial charge on any atom is -0.468 e. The predicted molar refractivity (Wildman–Crippen MR) is 73.6 cm³/mol. The SMILES string of the molecule is COC(=O)[C@@H]1C2CCC(C2)N1[C@H](C)c1ccccc1. The van der Waals surface area contributed by atoms with E-state index in [9.17, 15) is 4.79 Å². The number of hydrogen-bond acceptors (Lipinski definition) is 3. The normalized spacial score (nSPS) is 31.4. The summed E-state index contributed by atoms with van der Waals surface area (Å²) in [6.07, 6.45) is 3.54. The van der Waals surface area contributed by atoms with Gasteiger partial charge in [-0.05, 0) is 37.7 Å². The van der Waals surface area contributed by atoms with Crippen molar-refractivity contribution in [2.45, 2.75) is 44.3 Å². The lowest BCUT2D eigenvalue weighted by atomic mass is 9.96. The number of nitrogens with zero attached hydrogens (tertiary/aromatic N) is 1. The molecule has 3 nitrogen and oxygen atoms in total. The summed E-state index contributed by atoms with van der Waals surface area (Å²) in [5.41, 5.74) is 1.28. The molecule has 2 aliphatic rings. The first kappa shape index (κ1) is 12.7. The molecule has 1 aromatic rings. The Hall–Kier alpha value is -1.35. The smallest absolute Gasteiger partial charge is 0.323 e. The number of carbonyl (C=O) groups is 1. The first-order chi connectivity index (χ1) is 9.22. The van der Waals surface area contributed by atoms with Gasteiger partial charge in [0.25, 0.3) is 0 Å². The van der Waals surface area contributed by atoms with Gasteiger partial charge in [0.1, 0.15) is 6.04 Å². The van der Waals surface area contributed by atoms with Crippen LogP contribution in [0.25, 0.3) is 0 Å². The Morgan fingerprint density at radius 1 is 1.32 bits per heavy atom. The lowest BCUT2D eigenvalue weighted by Gasteiger charge is -2.38. The first-order valence-corrected chi connectivity index (χ1v) is 7.12. The van der Waals surface area contributed by atoms with Gasteiger partial charge >= 0.3 is 5.97 Å². The Morgan fingerprint density at radius 3 is 2.74 bits per heavy atom. The summed E-state index contributed by atoms with van der Waals surface area (Å²) in [6, 6.07) is 11.2. The molecule has 3 heteroatoms. The highest BCUT2D eigenvalue weighted by Gasteiger charge is 2.51. The molecule has 102 valence electrons. The average Bonchev–Trinajstić information content (AvgIpc) is 3.07. The minimum absolute atomic E-state index is 0.0426. The van der Waals surface area contributed by atoms with E-state index in [0.717, 1.165) is 6.42 Å². The molecule has 1 aromatic carbocycles. The first-order valence-electron chi connectivity index (χ1n) is 7.12. The molecule has 1 saturated heterocycles. The van der Waals surface area contributed by atoms with Crippen LogP contribution in [0, 0.1) is 5.92 Å². The molecule has 0 amide bonds. The number of benzene rings is 1. The van der Waals surface area contributed by atoms with Crippen LogP contribution in [0.5, 0.6) is 0 Å². The molecule has 2 unspecified atom stereocenters. The van der Waals surface area contributed by atoms with E-state index in [2.05, 4.69) is 36.1 Å². The maximum Gasteiger partial charge on any atom is 0.323 e. The third kappa shape index (κ3) is 2.06. The fourth-order valence-electron chi connectivity index (χ4n) is 3.92. The summed E-state index contributed by atoms with van der Waals surface area (Å²) in [7, 11) is 1.50. The third-order valence-corrected chi connectivity index (χ3v) is 4.81. The Morgan fingerprint density at radius 2 is 2.05 bits per heavy atom. The fraction of sp³-hybridized carbons (Fsp3) is 0.562. The van der Waals surface area contributed by atoms with Crippen molar-refractivity contribution in [3.63, 3.8) is 0 Å². The summed E-state index contributed by atoms with van der Waals surface area (Å²) < 4.78 is 5.02. The number of carbonyl (C=O) groups excluding carboxylic acids is 1. The van der Waals surface area contributed by atoms with Crippen LogP contribution >= 0.6 is 0 Å². The standard InChI is InChI=1S/C16H21NO2/c1-11(12-6-4-3-5-7-12)17-14-9-8-13(10-14)15(17)16(18)19-2/h3-7,11,13-15H,8-10H2,1-2H3/t11-,13?,14?,15+/m1/s1. The quantitative estimate of drug-likeness (QED) is 0.782. The van der Waals surface area contributed by atoms with Gasteiger partial charge in [-0.3, -0.25) is 9.69 Å². The van der Waals surface area contributed by atoms with E-state index >= 15 is 0 Å². The highest BCUT2D eigenvalue weighted by molar-refractivity contribution is 5.77. The number of hydrogen-bond donors (Lipinski definition) is 0. The number of rotatable bonds is 3. The summed E-state index contributed by atoms with van der Waals surface area (Å²) in [6.45, 7) is 2.20. The van der Waals surface area contributed by atoms with Gasteiger partial charge in [0, 0.05) is 12.1 Å². The van der Waals surface area contributed by atoms with Crippen molar-refractivity contribution in [2.75, 3.05) is 7.11 Å². The molecule has 1 aliphatic heterocycles. The second-order valence-corrected chi connectivity index (χ2v) is 5.73. The van der Waals surface area contributed by atoms with Crippen LogP contribution in [-0.4, -0.2) is 30.1 Å². The van der Waals surface area contributed by atoms with E-state index in [1.165, 1.54) is 25.5 Å². The molecule has 4 atom stereocenters. The van der Waals surface area contributed by atoms with Gasteiger partial charge in [-0.15, -0.1) is 0 Å². The molecular formula is C16H21NO2. The van der Waals surface area contributed by atoms with Crippen molar-refractivity contribution in [1.82, 2.24) is 4.90 Å². The van der Waals surface area contributed by atoms with Gasteiger partial charge in [-0.2, -0.15) is 0 Å². The van der Waals surface area contributed by atoms with Crippen LogP contribution in [0.1, 0.15) is 37.8 Å². The minimum atomic E-state index is -0.0602. The van der Waals surface area contributed by atoms with Crippen molar-refractivity contribution >= 4 is 5.97 Å². The molecule has 2 bridgehead atoms. The fourth-order valence-corrected chi connectivity index (χ4v) is 3.92. The maximum absolute atomic E-state index is 12.1. The van der Waals surface area contributed by atoms with Gasteiger partial charge < -0.3 is 4.74 Å². The van der Waals surface area contributed by atoms with Crippen LogP contribution in [-0.2, 0) is 9.53 Å². The van der Waals surface area contributed by atoms with Crippen LogP contribution in [0.15, 0.2) is 30.3 Å². The summed E-state index contributed by atoms with van der Waals surface area (Å²) >= 11 is 0. The molecule has 0 aromatic heterocycles. The molecule has 1 heterocycles. The summed E-state index contributed by atoms with van der Waals surface area (Å²) in [4.78, 5) is 14.5. The van der Waals surface area contributed by atoms with Crippen LogP contribution < -0.4 is 0 Å². The lowest BCUT2D eigenvalue weighted by Crippen LogP contribution is -2.47. The molecule has 2 fully saturated rings. The van der Waals surface area contributed by atoms with Crippen LogP contribution in [0.3, 0.4) is 0 Å². The Bertz CT molecular complexity index is 459. The van der Waals surface area contributed by atoms with E-state index in [0.29, 0.717) is 12.0 Å². The molecular weight excluding hydrogens is 238 g/mol. The number of likely N-dealkylation sites (tertiary alicyclic amines) is 1. The van der Waals surface area contributed by atoms with Crippen molar-refractivity contribution in [1.29, 1.82) is 0 Å². The van der Waals surface area contributed by atoms with Gasteiger partial charge in [-0.1, -0.05) is 30.3 Å². The van der Waals surface area contributed by atoms with Crippen molar-refractivity contribution in [2.24, 2.45) is 5.92 Å². The summed E-state index contributed by atoms with van der Waals surface area (Å²) in [5.74, 6) is 0.429.